The number of non-ortho nitro benzene ring substituents is 1. The first-order valence-corrected chi connectivity index (χ1v) is 10.3. The molecule has 1 aromatic carbocycles. The summed E-state index contributed by atoms with van der Waals surface area (Å²) in [7, 11) is -10.0. The van der Waals surface area contributed by atoms with Gasteiger partial charge in [-0.1, -0.05) is 12.1 Å². The third-order valence-corrected chi connectivity index (χ3v) is 8.05. The summed E-state index contributed by atoms with van der Waals surface area (Å²) < 4.78 is 22.5. The quantitative estimate of drug-likeness (QED) is 0.196. The van der Waals surface area contributed by atoms with E-state index in [9.17, 15) is 19.2 Å². The molecule has 1 rings (SSSR count). The average Bonchev–Trinajstić information content (AvgIpc) is 2.35. The fraction of sp³-hybridized carbons (Fsp3) is 0.455. The molecule has 0 bridgehead atoms. The second kappa shape index (κ2) is 7.90. The average molecular weight is 385 g/mol. The van der Waals surface area contributed by atoms with E-state index in [1.807, 2.05) is 0 Å². The Morgan fingerprint density at radius 1 is 1.17 bits per heavy atom. The zero-order valence-electron chi connectivity index (χ0n) is 11.8. The zero-order valence-corrected chi connectivity index (χ0v) is 14.5. The maximum Gasteiger partial charge on any atom is 0.341 e. The lowest BCUT2D eigenvalue weighted by molar-refractivity contribution is -0.384. The molecule has 0 aromatic heterocycles. The Bertz CT molecular complexity index is 635. The lowest BCUT2D eigenvalue weighted by Crippen LogP contribution is -2.22. The lowest BCUT2D eigenvalue weighted by Gasteiger charge is -2.24. The molecule has 1 atom stereocenters. The van der Waals surface area contributed by atoms with Crippen LogP contribution in [0.4, 0.5) is 5.69 Å². The summed E-state index contributed by atoms with van der Waals surface area (Å²) in [5.41, 5.74) is 0.567. The van der Waals surface area contributed by atoms with E-state index >= 15 is 0 Å². The van der Waals surface area contributed by atoms with Gasteiger partial charge >= 0.3 is 15.2 Å². The van der Waals surface area contributed by atoms with Gasteiger partial charge in [0.2, 0.25) is 0 Å². The van der Waals surface area contributed by atoms with Crippen molar-refractivity contribution in [2.75, 3.05) is 0 Å². The van der Waals surface area contributed by atoms with Crippen LogP contribution in [-0.2, 0) is 15.6 Å². The summed E-state index contributed by atoms with van der Waals surface area (Å²) in [6, 6.07) is 5.88. The summed E-state index contributed by atoms with van der Waals surface area (Å²) in [6.07, 6.45) is 0.701. The Balaban J connectivity index is 2.70. The predicted octanol–water partition coefficient (Wildman–Crippen LogP) is 1.90. The van der Waals surface area contributed by atoms with Crippen LogP contribution in [0.3, 0.4) is 0 Å². The van der Waals surface area contributed by atoms with Gasteiger partial charge in [0.1, 0.15) is 0 Å². The van der Waals surface area contributed by atoms with Crippen LogP contribution < -0.4 is 0 Å². The molecule has 130 valence electrons. The Labute approximate surface area is 137 Å². The van der Waals surface area contributed by atoms with Gasteiger partial charge in [0.15, 0.2) is 5.40 Å². The van der Waals surface area contributed by atoms with E-state index in [0.717, 1.165) is 0 Å². The van der Waals surface area contributed by atoms with Crippen LogP contribution >= 0.6 is 27.8 Å². The number of hydrogen-bond acceptors (Lipinski definition) is 5. The minimum Gasteiger partial charge on any atom is -0.324 e. The second-order valence-corrected chi connectivity index (χ2v) is 9.52. The van der Waals surface area contributed by atoms with Gasteiger partial charge in [-0.2, -0.15) is 12.6 Å². The number of benzene rings is 1. The molecule has 9 nitrogen and oxygen atoms in total. The highest BCUT2D eigenvalue weighted by atomic mass is 32.1. The number of thiol groups is 1. The van der Waals surface area contributed by atoms with Crippen molar-refractivity contribution in [3.05, 3.63) is 39.9 Å². The van der Waals surface area contributed by atoms with E-state index in [-0.39, 0.29) is 12.1 Å². The van der Waals surface area contributed by atoms with Crippen molar-refractivity contribution in [1.82, 2.24) is 0 Å². The number of aryl methyl sites for hydroxylation is 1. The molecule has 0 amide bonds. The Morgan fingerprint density at radius 2 is 1.74 bits per heavy atom. The number of nitro benzene ring substituents is 1. The fourth-order valence-corrected chi connectivity index (χ4v) is 6.12. The number of nitro groups is 1. The Hall–Kier alpha value is -0.730. The minimum atomic E-state index is -5.02. The van der Waals surface area contributed by atoms with Crippen LogP contribution in [0, 0.1) is 10.1 Å². The van der Waals surface area contributed by atoms with Crippen molar-refractivity contribution >= 4 is 33.5 Å². The van der Waals surface area contributed by atoms with Gasteiger partial charge in [0.05, 0.1) is 4.92 Å². The van der Waals surface area contributed by atoms with Gasteiger partial charge < -0.3 is 19.6 Å². The first-order valence-electron chi connectivity index (χ1n) is 6.45. The highest BCUT2D eigenvalue weighted by Crippen LogP contribution is 2.62. The summed E-state index contributed by atoms with van der Waals surface area (Å²) in [5, 5.41) is 7.30. The number of nitrogens with zero attached hydrogens (tertiary/aromatic N) is 1. The zero-order chi connectivity index (χ0) is 17.8. The van der Waals surface area contributed by atoms with Gasteiger partial charge in [0.25, 0.3) is 5.69 Å². The van der Waals surface area contributed by atoms with Crippen LogP contribution in [0.25, 0.3) is 0 Å². The number of rotatable bonds is 8. The number of hydrogen-bond donors (Lipinski definition) is 5. The van der Waals surface area contributed by atoms with Gasteiger partial charge in [-0.05, 0) is 24.8 Å². The van der Waals surface area contributed by atoms with E-state index in [0.29, 0.717) is 18.4 Å². The predicted molar refractivity (Wildman–Crippen MR) is 86.7 cm³/mol. The van der Waals surface area contributed by atoms with E-state index in [1.54, 1.807) is 6.07 Å². The van der Waals surface area contributed by atoms with Crippen molar-refractivity contribution in [2.24, 2.45) is 0 Å². The van der Waals surface area contributed by atoms with E-state index < -0.39 is 30.8 Å². The summed E-state index contributed by atoms with van der Waals surface area (Å²) >= 11 is 3.92. The molecule has 23 heavy (non-hydrogen) atoms. The van der Waals surface area contributed by atoms with Crippen LogP contribution in [0.15, 0.2) is 24.3 Å². The molecule has 4 N–H and O–H groups in total. The molecule has 12 heteroatoms. The highest BCUT2D eigenvalue weighted by molar-refractivity contribution is 7.83. The van der Waals surface area contributed by atoms with Crippen molar-refractivity contribution in [1.29, 1.82) is 0 Å². The molecule has 0 radical (unpaired) electrons. The third-order valence-electron chi connectivity index (χ3n) is 3.12. The van der Waals surface area contributed by atoms with Crippen LogP contribution in [0.5, 0.6) is 0 Å². The molecule has 1 unspecified atom stereocenters. The largest absolute Gasteiger partial charge is 0.341 e. The first-order chi connectivity index (χ1) is 10.4. The summed E-state index contributed by atoms with van der Waals surface area (Å²) in [5.74, 6) is 0. The van der Waals surface area contributed by atoms with Crippen molar-refractivity contribution in [3.63, 3.8) is 0 Å². The molecule has 0 saturated carbocycles. The molecule has 0 spiro atoms. The van der Waals surface area contributed by atoms with Crippen molar-refractivity contribution in [2.45, 2.75) is 29.9 Å². The van der Waals surface area contributed by atoms with Crippen molar-refractivity contribution < 1.29 is 33.6 Å². The molecule has 0 aliphatic rings. The minimum absolute atomic E-state index is 0.0344. The van der Waals surface area contributed by atoms with Gasteiger partial charge in [-0.3, -0.25) is 19.2 Å². The van der Waals surface area contributed by atoms with E-state index in [1.165, 1.54) is 18.2 Å². The molecule has 0 aliphatic heterocycles. The summed E-state index contributed by atoms with van der Waals surface area (Å²) in [4.78, 5) is 46.5. The van der Waals surface area contributed by atoms with Crippen LogP contribution in [0.2, 0.25) is 0 Å². The van der Waals surface area contributed by atoms with Crippen LogP contribution in [0.1, 0.15) is 18.4 Å². The first kappa shape index (κ1) is 20.3. The standard InChI is InChI=1S/C11H17NO8P2S/c13-12(14)9-5-1-3-8(7-9)4-2-6-10(23)11(21(15,16)17)22(18,19)20/h1,3,5,7,10-11,23H,2,4,6H2,(H2,15,16,17)(H2,18,19,20). The molecular weight excluding hydrogens is 368 g/mol. The van der Waals surface area contributed by atoms with Gasteiger partial charge in [0, 0.05) is 17.4 Å². The second-order valence-electron chi connectivity index (χ2n) is 4.98. The molecule has 0 saturated heterocycles. The summed E-state index contributed by atoms with van der Waals surface area (Å²) in [6.45, 7) is 0. The Kier molecular flexibility index (Phi) is 6.97. The maximum absolute atomic E-state index is 11.3. The lowest BCUT2D eigenvalue weighted by atomic mass is 10.1. The van der Waals surface area contributed by atoms with Crippen molar-refractivity contribution in [3.8, 4) is 0 Å². The van der Waals surface area contributed by atoms with E-state index in [4.69, 9.17) is 19.6 Å². The normalized spacial score (nSPS) is 14.0. The fourth-order valence-electron chi connectivity index (χ4n) is 2.13. The van der Waals surface area contributed by atoms with Crippen LogP contribution in [-0.4, -0.2) is 35.1 Å². The molecule has 0 aliphatic carbocycles. The SMILES string of the molecule is O=[N+]([O-])c1cccc(CCCC(S)C(P(=O)(O)O)P(=O)(O)O)c1. The molecule has 1 aromatic rings. The van der Waals surface area contributed by atoms with Gasteiger partial charge in [-0.25, -0.2) is 0 Å². The topological polar surface area (TPSA) is 158 Å². The molecular formula is C11H17NO8P2S. The van der Waals surface area contributed by atoms with Gasteiger partial charge in [-0.15, -0.1) is 0 Å². The molecule has 0 fully saturated rings. The molecule has 0 heterocycles. The maximum atomic E-state index is 11.3. The highest BCUT2D eigenvalue weighted by Gasteiger charge is 2.47. The monoisotopic (exact) mass is 385 g/mol. The van der Waals surface area contributed by atoms with E-state index in [2.05, 4.69) is 12.6 Å². The third kappa shape index (κ3) is 6.35. The smallest absolute Gasteiger partial charge is 0.324 e. The Morgan fingerprint density at radius 3 is 2.22 bits per heavy atom.